The second kappa shape index (κ2) is 7.98. The first kappa shape index (κ1) is 18.4. The van der Waals surface area contributed by atoms with Crippen LogP contribution in [-0.4, -0.2) is 9.97 Å². The lowest BCUT2D eigenvalue weighted by Crippen LogP contribution is -1.89. The van der Waals surface area contributed by atoms with Gasteiger partial charge in [-0.05, 0) is 24.6 Å². The van der Waals surface area contributed by atoms with Crippen molar-refractivity contribution < 1.29 is 0 Å². The van der Waals surface area contributed by atoms with Crippen LogP contribution in [0.1, 0.15) is 11.8 Å². The molecule has 0 aliphatic carbocycles. The van der Waals surface area contributed by atoms with E-state index in [1.165, 1.54) is 16.2 Å². The van der Waals surface area contributed by atoms with E-state index < -0.39 is 0 Å². The molecule has 0 amide bonds. The van der Waals surface area contributed by atoms with E-state index in [1.54, 1.807) is 17.4 Å². The number of halogens is 2. The van der Waals surface area contributed by atoms with Gasteiger partial charge in [0.05, 0.1) is 5.69 Å². The van der Waals surface area contributed by atoms with Crippen molar-refractivity contribution in [2.24, 2.45) is 0 Å². The van der Waals surface area contributed by atoms with Crippen LogP contribution in [0, 0.1) is 0 Å². The van der Waals surface area contributed by atoms with Gasteiger partial charge in [0, 0.05) is 31.6 Å². The molecule has 7 heteroatoms. The van der Waals surface area contributed by atoms with E-state index in [-0.39, 0.29) is 0 Å². The lowest BCUT2D eigenvalue weighted by atomic mass is 10.1. The van der Waals surface area contributed by atoms with Gasteiger partial charge in [-0.15, -0.1) is 22.7 Å². The van der Waals surface area contributed by atoms with E-state index in [9.17, 15) is 0 Å². The van der Waals surface area contributed by atoms with Crippen LogP contribution >= 0.6 is 45.9 Å². The number of nitrogens with zero attached hydrogens (tertiary/aromatic N) is 2. The Kier molecular flexibility index (Phi) is 5.45. The molecular weight excluding hydrogens is 417 g/mol. The maximum Gasteiger partial charge on any atom is 0.187 e. The molecule has 0 spiro atoms. The average molecular weight is 432 g/mol. The molecule has 136 valence electrons. The molecule has 0 unspecified atom stereocenters. The number of anilines is 2. The minimum atomic E-state index is 0.585. The maximum atomic E-state index is 6.06. The molecular formula is C20H15Cl2N3S2. The van der Waals surface area contributed by atoms with E-state index in [2.05, 4.69) is 29.4 Å². The fourth-order valence-corrected chi connectivity index (χ4v) is 5.00. The zero-order valence-electron chi connectivity index (χ0n) is 14.4. The number of nitrogens with one attached hydrogen (secondary N) is 1. The Morgan fingerprint density at radius 2 is 1.74 bits per heavy atom. The van der Waals surface area contributed by atoms with Gasteiger partial charge in [-0.1, -0.05) is 60.5 Å². The van der Waals surface area contributed by atoms with E-state index in [0.29, 0.717) is 10.0 Å². The molecule has 4 aromatic rings. The van der Waals surface area contributed by atoms with E-state index >= 15 is 0 Å². The number of rotatable bonds is 5. The highest BCUT2D eigenvalue weighted by Crippen LogP contribution is 2.36. The predicted molar refractivity (Wildman–Crippen MR) is 118 cm³/mol. The topological polar surface area (TPSA) is 37.8 Å². The Hall–Kier alpha value is -1.92. The predicted octanol–water partition coefficient (Wildman–Crippen LogP) is 7.55. The molecule has 0 fully saturated rings. The summed E-state index contributed by atoms with van der Waals surface area (Å²) in [5.41, 5.74) is 3.87. The van der Waals surface area contributed by atoms with Crippen LogP contribution in [0.3, 0.4) is 0 Å². The molecule has 0 saturated carbocycles. The highest BCUT2D eigenvalue weighted by molar-refractivity contribution is 7.17. The molecule has 2 aromatic carbocycles. The fourth-order valence-electron chi connectivity index (χ4n) is 2.70. The normalized spacial score (nSPS) is 10.9. The summed E-state index contributed by atoms with van der Waals surface area (Å²) >= 11 is 15.3. The van der Waals surface area contributed by atoms with Gasteiger partial charge in [0.1, 0.15) is 10.7 Å². The van der Waals surface area contributed by atoms with Crippen molar-refractivity contribution in [3.63, 3.8) is 0 Å². The monoisotopic (exact) mass is 431 g/mol. The molecule has 4 rings (SSSR count). The molecule has 1 N–H and O–H groups in total. The van der Waals surface area contributed by atoms with Crippen LogP contribution in [0.2, 0.25) is 10.0 Å². The van der Waals surface area contributed by atoms with Gasteiger partial charge < -0.3 is 5.32 Å². The van der Waals surface area contributed by atoms with Gasteiger partial charge in [0.15, 0.2) is 5.13 Å². The third-order valence-corrected chi connectivity index (χ3v) is 6.32. The minimum Gasteiger partial charge on any atom is -0.331 e. The highest BCUT2D eigenvalue weighted by Gasteiger charge is 2.15. The van der Waals surface area contributed by atoms with Crippen molar-refractivity contribution in [2.45, 2.75) is 13.3 Å². The molecule has 2 aromatic heterocycles. The summed E-state index contributed by atoms with van der Waals surface area (Å²) in [7, 11) is 0. The van der Waals surface area contributed by atoms with Crippen LogP contribution in [0.4, 0.5) is 10.8 Å². The second-order valence-electron chi connectivity index (χ2n) is 5.83. The third kappa shape index (κ3) is 4.17. The fraction of sp³-hybridized carbons (Fsp3) is 0.100. The molecule has 0 saturated heterocycles. The first-order valence-corrected chi connectivity index (χ1v) is 10.8. The largest absolute Gasteiger partial charge is 0.331 e. The second-order valence-corrected chi connectivity index (χ2v) is 8.65. The molecule has 2 heterocycles. The molecule has 0 aliphatic heterocycles. The smallest absolute Gasteiger partial charge is 0.187 e. The van der Waals surface area contributed by atoms with Gasteiger partial charge in [-0.25, -0.2) is 9.97 Å². The molecule has 0 atom stereocenters. The Labute approximate surface area is 175 Å². The summed E-state index contributed by atoms with van der Waals surface area (Å²) in [4.78, 5) is 10.8. The van der Waals surface area contributed by atoms with Crippen molar-refractivity contribution in [3.8, 4) is 22.0 Å². The van der Waals surface area contributed by atoms with Crippen LogP contribution in [0.15, 0.2) is 53.9 Å². The van der Waals surface area contributed by atoms with Crippen molar-refractivity contribution in [1.82, 2.24) is 9.97 Å². The molecule has 0 bridgehead atoms. The molecule has 27 heavy (non-hydrogen) atoms. The van der Waals surface area contributed by atoms with E-state index in [4.69, 9.17) is 28.2 Å². The van der Waals surface area contributed by atoms with E-state index in [1.807, 2.05) is 35.7 Å². The van der Waals surface area contributed by atoms with Gasteiger partial charge >= 0.3 is 0 Å². The molecule has 0 aliphatic rings. The zero-order valence-corrected chi connectivity index (χ0v) is 17.5. The number of aromatic nitrogens is 2. The van der Waals surface area contributed by atoms with Crippen LogP contribution in [0.25, 0.3) is 22.0 Å². The number of hydrogen-bond acceptors (Lipinski definition) is 5. The van der Waals surface area contributed by atoms with Crippen molar-refractivity contribution in [3.05, 3.63) is 68.8 Å². The van der Waals surface area contributed by atoms with Gasteiger partial charge in [0.25, 0.3) is 0 Å². The lowest BCUT2D eigenvalue weighted by molar-refractivity contribution is 1.17. The summed E-state index contributed by atoms with van der Waals surface area (Å²) in [6.45, 7) is 2.15. The summed E-state index contributed by atoms with van der Waals surface area (Å²) in [6, 6.07) is 15.6. The van der Waals surface area contributed by atoms with Crippen LogP contribution < -0.4 is 5.32 Å². The highest BCUT2D eigenvalue weighted by atomic mass is 35.5. The van der Waals surface area contributed by atoms with Gasteiger partial charge in [-0.3, -0.25) is 0 Å². The maximum absolute atomic E-state index is 6.06. The standard InChI is InChI=1S/C20H15Cl2N3S2/c1-2-17-18(12-6-4-3-5-7-12)25-19(27-17)16-11-26-20(24-16)23-15-9-13(21)8-14(22)10-15/h3-11H,2H2,1H3,(H,23,24). The van der Waals surface area contributed by atoms with Gasteiger partial charge in [0.2, 0.25) is 0 Å². The SMILES string of the molecule is CCc1sc(-c2csc(Nc3cc(Cl)cc(Cl)c3)n2)nc1-c1ccccc1. The minimum absolute atomic E-state index is 0.585. The summed E-state index contributed by atoms with van der Waals surface area (Å²) < 4.78 is 0. The quantitative estimate of drug-likeness (QED) is 0.354. The first-order chi connectivity index (χ1) is 13.1. The Morgan fingerprint density at radius 1 is 1.00 bits per heavy atom. The summed E-state index contributed by atoms with van der Waals surface area (Å²) in [6.07, 6.45) is 0.943. The van der Waals surface area contributed by atoms with Crippen LogP contribution in [0.5, 0.6) is 0 Å². The third-order valence-electron chi connectivity index (χ3n) is 3.90. The first-order valence-electron chi connectivity index (χ1n) is 8.36. The lowest BCUT2D eigenvalue weighted by Gasteiger charge is -2.03. The number of hydrogen-bond donors (Lipinski definition) is 1. The van der Waals surface area contributed by atoms with Crippen LogP contribution in [-0.2, 0) is 6.42 Å². The number of benzene rings is 2. The summed E-state index contributed by atoms with van der Waals surface area (Å²) in [5, 5.41) is 8.15. The van der Waals surface area contributed by atoms with E-state index in [0.717, 1.165) is 39.2 Å². The molecule has 0 radical (unpaired) electrons. The van der Waals surface area contributed by atoms with Crippen molar-refractivity contribution >= 4 is 56.7 Å². The number of aryl methyl sites for hydroxylation is 1. The zero-order chi connectivity index (χ0) is 18.8. The number of thiazole rings is 2. The Morgan fingerprint density at radius 3 is 2.44 bits per heavy atom. The van der Waals surface area contributed by atoms with Crippen molar-refractivity contribution in [2.75, 3.05) is 5.32 Å². The molecule has 3 nitrogen and oxygen atoms in total. The Balaban J connectivity index is 1.62. The van der Waals surface area contributed by atoms with Gasteiger partial charge in [-0.2, -0.15) is 0 Å². The Bertz CT molecular complexity index is 1050. The summed E-state index contributed by atoms with van der Waals surface area (Å²) in [5.74, 6) is 0. The average Bonchev–Trinajstić information content (AvgIpc) is 3.28. The van der Waals surface area contributed by atoms with Crippen molar-refractivity contribution in [1.29, 1.82) is 0 Å².